The Kier molecular flexibility index (Phi) is 7.17. The Labute approximate surface area is 197 Å². The van der Waals surface area contributed by atoms with Gasteiger partial charge < -0.3 is 5.32 Å². The lowest BCUT2D eigenvalue weighted by Gasteiger charge is -2.14. The van der Waals surface area contributed by atoms with Gasteiger partial charge in [0.1, 0.15) is 5.82 Å². The number of anilines is 1. The van der Waals surface area contributed by atoms with Crippen LogP contribution in [0.2, 0.25) is 5.02 Å². The van der Waals surface area contributed by atoms with Gasteiger partial charge in [-0.25, -0.2) is 22.5 Å². The SMILES string of the molecule is CC(C(=O)NCc1nc(C(F)(F)F)nn1-c1cccc(Cl)c1)c1ccc(NS(C)(=O)=O)c(F)c1. The van der Waals surface area contributed by atoms with Crippen molar-refractivity contribution in [3.05, 3.63) is 70.5 Å². The molecule has 1 aromatic heterocycles. The van der Waals surface area contributed by atoms with E-state index in [0.717, 1.165) is 17.0 Å². The molecule has 1 unspecified atom stereocenters. The first-order valence-corrected chi connectivity index (χ1v) is 11.9. The second-order valence-corrected chi connectivity index (χ2v) is 9.48. The molecule has 0 saturated heterocycles. The summed E-state index contributed by atoms with van der Waals surface area (Å²) in [7, 11) is -3.70. The van der Waals surface area contributed by atoms with Crippen molar-refractivity contribution in [3.8, 4) is 5.69 Å². The van der Waals surface area contributed by atoms with E-state index >= 15 is 0 Å². The first-order chi connectivity index (χ1) is 15.7. The number of benzene rings is 2. The van der Waals surface area contributed by atoms with Crippen LogP contribution in [0.3, 0.4) is 0 Å². The molecular weight excluding hydrogens is 502 g/mol. The zero-order chi connectivity index (χ0) is 25.3. The number of aromatic nitrogens is 3. The molecule has 0 bridgehead atoms. The van der Waals surface area contributed by atoms with Gasteiger partial charge in [-0.15, -0.1) is 5.10 Å². The van der Waals surface area contributed by atoms with Crippen LogP contribution in [-0.2, 0) is 27.5 Å². The monoisotopic (exact) mass is 519 g/mol. The molecule has 3 rings (SSSR count). The second-order valence-electron chi connectivity index (χ2n) is 7.29. The Morgan fingerprint density at radius 1 is 1.21 bits per heavy atom. The molecule has 1 atom stereocenters. The van der Waals surface area contributed by atoms with Gasteiger partial charge in [-0.1, -0.05) is 23.7 Å². The highest BCUT2D eigenvalue weighted by atomic mass is 35.5. The molecule has 0 fully saturated rings. The fourth-order valence-electron chi connectivity index (χ4n) is 2.95. The van der Waals surface area contributed by atoms with Crippen molar-refractivity contribution in [2.45, 2.75) is 25.6 Å². The zero-order valence-corrected chi connectivity index (χ0v) is 19.3. The van der Waals surface area contributed by atoms with Gasteiger partial charge in [-0.3, -0.25) is 9.52 Å². The van der Waals surface area contributed by atoms with E-state index in [9.17, 15) is 30.8 Å². The molecule has 0 saturated carbocycles. The molecule has 2 aromatic carbocycles. The number of hydrogen-bond donors (Lipinski definition) is 2. The molecule has 182 valence electrons. The van der Waals surface area contributed by atoms with Crippen LogP contribution in [0.4, 0.5) is 23.2 Å². The topological polar surface area (TPSA) is 106 Å². The molecule has 0 aliphatic heterocycles. The van der Waals surface area contributed by atoms with Crippen molar-refractivity contribution in [2.24, 2.45) is 0 Å². The molecule has 1 amide bonds. The lowest BCUT2D eigenvalue weighted by atomic mass is 10.00. The van der Waals surface area contributed by atoms with Gasteiger partial charge in [0.15, 0.2) is 5.82 Å². The van der Waals surface area contributed by atoms with Crippen LogP contribution in [0.5, 0.6) is 0 Å². The van der Waals surface area contributed by atoms with Crippen LogP contribution in [-0.4, -0.2) is 35.3 Å². The van der Waals surface area contributed by atoms with Crippen LogP contribution in [0.1, 0.15) is 30.1 Å². The van der Waals surface area contributed by atoms with Gasteiger partial charge in [0.2, 0.25) is 15.9 Å². The van der Waals surface area contributed by atoms with E-state index in [2.05, 4.69) is 15.4 Å². The predicted octanol–water partition coefficient (Wildman–Crippen LogP) is 3.87. The maximum atomic E-state index is 14.2. The van der Waals surface area contributed by atoms with E-state index in [4.69, 9.17) is 11.6 Å². The Hall–Kier alpha value is -3.19. The quantitative estimate of drug-likeness (QED) is 0.461. The summed E-state index contributed by atoms with van der Waals surface area (Å²) in [6, 6.07) is 9.44. The number of nitrogens with zero attached hydrogens (tertiary/aromatic N) is 3. The number of nitrogens with one attached hydrogen (secondary N) is 2. The standard InChI is InChI=1S/C20H18ClF4N5O3S/c1-11(12-6-7-16(15(22)8-12)29-34(2,32)33)18(31)26-10-17-27-19(20(23,24)25)28-30(17)14-5-3-4-13(21)9-14/h3-9,11,29H,10H2,1-2H3,(H,26,31). The van der Waals surface area contributed by atoms with Gasteiger partial charge in [-0.2, -0.15) is 13.2 Å². The summed E-state index contributed by atoms with van der Waals surface area (Å²) < 4.78 is 79.2. The summed E-state index contributed by atoms with van der Waals surface area (Å²) in [5.74, 6) is -4.02. The number of sulfonamides is 1. The molecule has 0 spiro atoms. The maximum absolute atomic E-state index is 14.2. The van der Waals surface area contributed by atoms with Crippen LogP contribution in [0.15, 0.2) is 42.5 Å². The lowest BCUT2D eigenvalue weighted by molar-refractivity contribution is -0.144. The molecule has 14 heteroatoms. The summed E-state index contributed by atoms with van der Waals surface area (Å²) in [6.07, 6.45) is -3.95. The van der Waals surface area contributed by atoms with Crippen molar-refractivity contribution in [3.63, 3.8) is 0 Å². The Morgan fingerprint density at radius 2 is 1.91 bits per heavy atom. The van der Waals surface area contributed by atoms with Gasteiger partial charge in [-0.05, 0) is 42.8 Å². The summed E-state index contributed by atoms with van der Waals surface area (Å²) in [4.78, 5) is 16.1. The van der Waals surface area contributed by atoms with Crippen molar-refractivity contribution in [1.29, 1.82) is 0 Å². The van der Waals surface area contributed by atoms with Gasteiger partial charge in [0.25, 0.3) is 5.82 Å². The Morgan fingerprint density at radius 3 is 2.50 bits per heavy atom. The largest absolute Gasteiger partial charge is 0.453 e. The molecule has 8 nitrogen and oxygen atoms in total. The van der Waals surface area contributed by atoms with E-state index in [1.807, 2.05) is 4.72 Å². The van der Waals surface area contributed by atoms with E-state index in [1.54, 1.807) is 0 Å². The van der Waals surface area contributed by atoms with Crippen LogP contribution < -0.4 is 10.0 Å². The summed E-state index contributed by atoms with van der Waals surface area (Å²) in [6.45, 7) is 1.05. The number of carbonyl (C=O) groups excluding carboxylic acids is 1. The highest BCUT2D eigenvalue weighted by Crippen LogP contribution is 2.28. The highest BCUT2D eigenvalue weighted by Gasteiger charge is 2.37. The molecule has 0 aliphatic rings. The minimum atomic E-state index is -4.81. The summed E-state index contributed by atoms with van der Waals surface area (Å²) in [5, 5.41) is 6.22. The summed E-state index contributed by atoms with van der Waals surface area (Å²) in [5.41, 5.74) is 0.151. The second kappa shape index (κ2) is 9.58. The Balaban J connectivity index is 1.80. The average molecular weight is 520 g/mol. The molecular formula is C20H18ClF4N5O3S. The maximum Gasteiger partial charge on any atom is 0.453 e. The zero-order valence-electron chi connectivity index (χ0n) is 17.7. The van der Waals surface area contributed by atoms with Crippen molar-refractivity contribution < 1.29 is 30.8 Å². The number of halogens is 5. The Bertz CT molecular complexity index is 1330. The minimum absolute atomic E-state index is 0.200. The van der Waals surface area contributed by atoms with Gasteiger partial charge in [0.05, 0.1) is 30.1 Å². The van der Waals surface area contributed by atoms with E-state index in [-0.39, 0.29) is 27.8 Å². The molecule has 0 aliphatic carbocycles. The van der Waals surface area contributed by atoms with E-state index < -0.39 is 46.2 Å². The number of carbonyl (C=O) groups is 1. The van der Waals surface area contributed by atoms with Crippen molar-refractivity contribution in [1.82, 2.24) is 20.1 Å². The third-order valence-corrected chi connectivity index (χ3v) is 5.41. The van der Waals surface area contributed by atoms with Crippen molar-refractivity contribution >= 4 is 33.2 Å². The van der Waals surface area contributed by atoms with Crippen LogP contribution in [0, 0.1) is 5.82 Å². The van der Waals surface area contributed by atoms with Crippen molar-refractivity contribution in [2.75, 3.05) is 11.0 Å². The third kappa shape index (κ3) is 6.23. The molecule has 0 radical (unpaired) electrons. The summed E-state index contributed by atoms with van der Waals surface area (Å²) >= 11 is 5.92. The van der Waals surface area contributed by atoms with E-state index in [0.29, 0.717) is 0 Å². The fourth-order valence-corrected chi connectivity index (χ4v) is 3.70. The van der Waals surface area contributed by atoms with Gasteiger partial charge in [0, 0.05) is 5.02 Å². The number of alkyl halides is 3. The smallest absolute Gasteiger partial charge is 0.348 e. The minimum Gasteiger partial charge on any atom is -0.348 e. The number of amides is 1. The normalized spacial score (nSPS) is 12.9. The average Bonchev–Trinajstić information content (AvgIpc) is 3.17. The third-order valence-electron chi connectivity index (χ3n) is 4.58. The van der Waals surface area contributed by atoms with E-state index in [1.165, 1.54) is 43.3 Å². The first-order valence-electron chi connectivity index (χ1n) is 9.58. The lowest BCUT2D eigenvalue weighted by Crippen LogP contribution is -2.29. The van der Waals surface area contributed by atoms with Crippen LogP contribution in [0.25, 0.3) is 5.69 Å². The fraction of sp³-hybridized carbons (Fsp3) is 0.250. The first kappa shape index (κ1) is 25.4. The molecule has 34 heavy (non-hydrogen) atoms. The van der Waals surface area contributed by atoms with Gasteiger partial charge >= 0.3 is 6.18 Å². The highest BCUT2D eigenvalue weighted by molar-refractivity contribution is 7.92. The molecule has 3 aromatic rings. The molecule has 1 heterocycles. The number of hydrogen-bond acceptors (Lipinski definition) is 5. The molecule has 2 N–H and O–H groups in total. The predicted molar refractivity (Wildman–Crippen MR) is 116 cm³/mol. The number of rotatable bonds is 7. The van der Waals surface area contributed by atoms with Crippen LogP contribution >= 0.6 is 11.6 Å².